The Kier molecular flexibility index (Phi) is 4.60. The molecule has 7 nitrogen and oxygen atoms in total. The smallest absolute Gasteiger partial charge is 0.309 e. The average molecular weight is 292 g/mol. The number of aryl methyl sites for hydroxylation is 1. The van der Waals surface area contributed by atoms with Crippen LogP contribution in [0.2, 0.25) is 0 Å². The van der Waals surface area contributed by atoms with E-state index in [9.17, 15) is 14.0 Å². The third kappa shape index (κ3) is 4.37. The summed E-state index contributed by atoms with van der Waals surface area (Å²) in [5.41, 5.74) is 0.435. The molecule has 0 fully saturated rings. The van der Waals surface area contributed by atoms with E-state index in [1.165, 1.54) is 29.1 Å². The normalized spacial score (nSPS) is 10.3. The van der Waals surface area contributed by atoms with Gasteiger partial charge in [0.1, 0.15) is 5.82 Å². The van der Waals surface area contributed by atoms with Gasteiger partial charge in [0.25, 0.3) is 0 Å². The minimum atomic E-state index is -1.00. The first-order valence-corrected chi connectivity index (χ1v) is 6.20. The van der Waals surface area contributed by atoms with Crippen molar-refractivity contribution in [2.45, 2.75) is 19.4 Å². The SMILES string of the molecule is O=C(O)Cc1cn(CCC(=O)Nc2ccccc2F)nn1. The van der Waals surface area contributed by atoms with E-state index < -0.39 is 11.8 Å². The summed E-state index contributed by atoms with van der Waals surface area (Å²) in [7, 11) is 0. The van der Waals surface area contributed by atoms with Crippen LogP contribution < -0.4 is 5.32 Å². The Morgan fingerprint density at radius 2 is 2.10 bits per heavy atom. The summed E-state index contributed by atoms with van der Waals surface area (Å²) in [4.78, 5) is 22.2. The van der Waals surface area contributed by atoms with E-state index in [0.29, 0.717) is 5.69 Å². The van der Waals surface area contributed by atoms with Gasteiger partial charge in [0.2, 0.25) is 5.91 Å². The van der Waals surface area contributed by atoms with Gasteiger partial charge >= 0.3 is 5.97 Å². The molecule has 1 aromatic carbocycles. The van der Waals surface area contributed by atoms with Crippen LogP contribution in [0, 0.1) is 5.82 Å². The summed E-state index contributed by atoms with van der Waals surface area (Å²) in [6.07, 6.45) is 1.32. The number of hydrogen-bond donors (Lipinski definition) is 2. The quantitative estimate of drug-likeness (QED) is 0.830. The van der Waals surface area contributed by atoms with Gasteiger partial charge in [-0.3, -0.25) is 14.3 Å². The number of aromatic nitrogens is 3. The maximum atomic E-state index is 13.3. The highest BCUT2D eigenvalue weighted by atomic mass is 19.1. The number of rotatable bonds is 6. The molecule has 21 heavy (non-hydrogen) atoms. The van der Waals surface area contributed by atoms with Crippen molar-refractivity contribution in [1.29, 1.82) is 0 Å². The zero-order valence-electron chi connectivity index (χ0n) is 11.0. The number of aliphatic carboxylic acids is 1. The van der Waals surface area contributed by atoms with Crippen LogP contribution in [0.5, 0.6) is 0 Å². The molecule has 110 valence electrons. The summed E-state index contributed by atoms with van der Waals surface area (Å²) in [5.74, 6) is -1.87. The van der Waals surface area contributed by atoms with Gasteiger partial charge in [-0.2, -0.15) is 0 Å². The number of benzene rings is 1. The Labute approximate surface area is 119 Å². The lowest BCUT2D eigenvalue weighted by Crippen LogP contribution is -2.15. The minimum Gasteiger partial charge on any atom is -0.481 e. The van der Waals surface area contributed by atoms with E-state index in [0.717, 1.165) is 0 Å². The number of halogens is 1. The Morgan fingerprint density at radius 1 is 1.33 bits per heavy atom. The maximum absolute atomic E-state index is 13.3. The maximum Gasteiger partial charge on any atom is 0.309 e. The van der Waals surface area contributed by atoms with Crippen molar-refractivity contribution in [2.75, 3.05) is 5.32 Å². The highest BCUT2D eigenvalue weighted by molar-refractivity contribution is 5.90. The summed E-state index contributed by atoms with van der Waals surface area (Å²) in [6, 6.07) is 5.87. The first-order chi connectivity index (χ1) is 10.0. The molecule has 0 spiro atoms. The van der Waals surface area contributed by atoms with Crippen molar-refractivity contribution in [3.63, 3.8) is 0 Å². The predicted molar refractivity (Wildman–Crippen MR) is 71.0 cm³/mol. The molecular weight excluding hydrogens is 279 g/mol. The van der Waals surface area contributed by atoms with Crippen LogP contribution in [-0.4, -0.2) is 32.0 Å². The van der Waals surface area contributed by atoms with Crippen LogP contribution in [0.4, 0.5) is 10.1 Å². The molecule has 0 radical (unpaired) electrons. The summed E-state index contributed by atoms with van der Waals surface area (Å²) < 4.78 is 14.7. The second-order valence-electron chi connectivity index (χ2n) is 4.32. The molecule has 0 saturated heterocycles. The fourth-order valence-electron chi connectivity index (χ4n) is 1.68. The van der Waals surface area contributed by atoms with E-state index in [-0.39, 0.29) is 31.0 Å². The monoisotopic (exact) mass is 292 g/mol. The molecule has 8 heteroatoms. The number of nitrogens with zero attached hydrogens (tertiary/aromatic N) is 3. The van der Waals surface area contributed by atoms with Gasteiger partial charge < -0.3 is 10.4 Å². The minimum absolute atomic E-state index is 0.0736. The van der Waals surface area contributed by atoms with Crippen molar-refractivity contribution < 1.29 is 19.1 Å². The number of carbonyl (C=O) groups excluding carboxylic acids is 1. The molecule has 0 unspecified atom stereocenters. The van der Waals surface area contributed by atoms with Crippen molar-refractivity contribution in [3.8, 4) is 0 Å². The number of nitrogens with one attached hydrogen (secondary N) is 1. The number of carboxylic acids is 1. The Bertz CT molecular complexity index is 656. The van der Waals surface area contributed by atoms with Crippen LogP contribution in [0.15, 0.2) is 30.5 Å². The Hall–Kier alpha value is -2.77. The number of carbonyl (C=O) groups is 2. The Balaban J connectivity index is 1.85. The highest BCUT2D eigenvalue weighted by Crippen LogP contribution is 2.12. The molecular formula is C13H13FN4O3. The topological polar surface area (TPSA) is 97.1 Å². The molecule has 0 saturated carbocycles. The largest absolute Gasteiger partial charge is 0.481 e. The molecule has 0 aliphatic carbocycles. The van der Waals surface area contributed by atoms with Crippen LogP contribution in [0.1, 0.15) is 12.1 Å². The second-order valence-corrected chi connectivity index (χ2v) is 4.32. The van der Waals surface area contributed by atoms with Gasteiger partial charge in [0, 0.05) is 12.6 Å². The van der Waals surface area contributed by atoms with Gasteiger partial charge in [-0.15, -0.1) is 5.10 Å². The zero-order chi connectivity index (χ0) is 15.2. The third-order valence-electron chi connectivity index (χ3n) is 2.63. The number of para-hydroxylation sites is 1. The molecule has 2 rings (SSSR count). The zero-order valence-corrected chi connectivity index (χ0v) is 11.0. The number of hydrogen-bond acceptors (Lipinski definition) is 4. The Morgan fingerprint density at radius 3 is 2.81 bits per heavy atom. The average Bonchev–Trinajstić information content (AvgIpc) is 2.86. The van der Waals surface area contributed by atoms with Crippen LogP contribution in [0.3, 0.4) is 0 Å². The van der Waals surface area contributed by atoms with Crippen LogP contribution in [0.25, 0.3) is 0 Å². The molecule has 2 aromatic rings. The third-order valence-corrected chi connectivity index (χ3v) is 2.63. The van der Waals surface area contributed by atoms with Gasteiger partial charge in [0.05, 0.1) is 24.3 Å². The molecule has 2 N–H and O–H groups in total. The van der Waals surface area contributed by atoms with Crippen molar-refractivity contribution in [2.24, 2.45) is 0 Å². The van der Waals surface area contributed by atoms with Crippen molar-refractivity contribution in [3.05, 3.63) is 42.0 Å². The fraction of sp³-hybridized carbons (Fsp3) is 0.231. The molecule has 0 bridgehead atoms. The molecule has 0 aliphatic heterocycles. The summed E-state index contributed by atoms with van der Waals surface area (Å²) in [6.45, 7) is 0.229. The molecule has 1 heterocycles. The number of carboxylic acid groups (broad SMARTS) is 1. The van der Waals surface area contributed by atoms with Crippen LogP contribution >= 0.6 is 0 Å². The highest BCUT2D eigenvalue weighted by Gasteiger charge is 2.09. The van der Waals surface area contributed by atoms with Gasteiger partial charge in [-0.1, -0.05) is 17.3 Å². The van der Waals surface area contributed by atoms with Gasteiger partial charge in [-0.25, -0.2) is 4.39 Å². The van der Waals surface area contributed by atoms with Crippen molar-refractivity contribution in [1.82, 2.24) is 15.0 Å². The lowest BCUT2D eigenvalue weighted by molar-refractivity contribution is -0.136. The van der Waals surface area contributed by atoms with E-state index >= 15 is 0 Å². The van der Waals surface area contributed by atoms with E-state index in [1.807, 2.05) is 0 Å². The molecule has 1 amide bonds. The number of anilines is 1. The second kappa shape index (κ2) is 6.60. The summed E-state index contributed by atoms with van der Waals surface area (Å²) >= 11 is 0. The van der Waals surface area contributed by atoms with E-state index in [2.05, 4.69) is 15.6 Å². The first-order valence-electron chi connectivity index (χ1n) is 6.20. The molecule has 0 aliphatic rings. The fourth-order valence-corrected chi connectivity index (χ4v) is 1.68. The van der Waals surface area contributed by atoms with E-state index in [4.69, 9.17) is 5.11 Å². The predicted octanol–water partition coefficient (Wildman–Crippen LogP) is 1.07. The lowest BCUT2D eigenvalue weighted by Gasteiger charge is -2.05. The van der Waals surface area contributed by atoms with Gasteiger partial charge in [-0.05, 0) is 12.1 Å². The van der Waals surface area contributed by atoms with E-state index in [1.54, 1.807) is 6.07 Å². The lowest BCUT2D eigenvalue weighted by atomic mass is 10.3. The molecule has 0 atom stereocenters. The van der Waals surface area contributed by atoms with Gasteiger partial charge in [0.15, 0.2) is 0 Å². The molecule has 1 aromatic heterocycles. The van der Waals surface area contributed by atoms with Crippen LogP contribution in [-0.2, 0) is 22.6 Å². The van der Waals surface area contributed by atoms with Crippen molar-refractivity contribution >= 4 is 17.6 Å². The summed E-state index contributed by atoms with van der Waals surface area (Å²) in [5, 5.41) is 18.4. The first kappa shape index (κ1) is 14.6. The standard InChI is InChI=1S/C13H13FN4O3/c14-10-3-1-2-4-11(10)15-12(19)5-6-18-8-9(16-17-18)7-13(20)21/h1-4,8H,5-7H2,(H,15,19)(H,20,21). The number of amides is 1.